The highest BCUT2D eigenvalue weighted by Gasteiger charge is 2.14. The average Bonchev–Trinajstić information content (AvgIpc) is 2.81. The van der Waals surface area contributed by atoms with Crippen molar-refractivity contribution in [3.63, 3.8) is 0 Å². The Morgan fingerprint density at radius 2 is 1.94 bits per heavy atom. The fourth-order valence-electron chi connectivity index (χ4n) is 2.34. The molecule has 3 heterocycles. The molecule has 0 bridgehead atoms. The molecule has 0 aromatic heterocycles. The van der Waals surface area contributed by atoms with Crippen LogP contribution in [0.15, 0.2) is 11.8 Å². The van der Waals surface area contributed by atoms with Crippen molar-refractivity contribution in [1.29, 1.82) is 0 Å². The molecule has 2 fully saturated rings. The predicted octanol–water partition coefficient (Wildman–Crippen LogP) is 2.45. The lowest BCUT2D eigenvalue weighted by molar-refractivity contribution is 0.198. The van der Waals surface area contributed by atoms with Crippen LogP contribution in [-0.2, 0) is 4.74 Å². The van der Waals surface area contributed by atoms with Crippen LogP contribution in [0.3, 0.4) is 0 Å². The van der Waals surface area contributed by atoms with Crippen LogP contribution in [0.4, 0.5) is 0 Å². The Hall–Kier alpha value is -0.540. The van der Waals surface area contributed by atoms with Gasteiger partial charge in [-0.2, -0.15) is 0 Å². The Morgan fingerprint density at radius 1 is 1.06 bits per heavy atom. The maximum absolute atomic E-state index is 4.94. The first-order valence-corrected chi connectivity index (χ1v) is 6.74. The molecule has 3 heteroatoms. The molecule has 3 aliphatic heterocycles. The number of ether oxygens (including phenoxy) is 1. The lowest BCUT2D eigenvalue weighted by Crippen LogP contribution is -2.38. The number of hydrogen-bond donors (Lipinski definition) is 1. The summed E-state index contributed by atoms with van der Waals surface area (Å²) in [6.45, 7) is 4.38. The minimum atomic E-state index is 1.00. The van der Waals surface area contributed by atoms with Gasteiger partial charge in [0.05, 0.1) is 0 Å². The van der Waals surface area contributed by atoms with Gasteiger partial charge in [-0.3, -0.25) is 0 Å². The number of allylic oxidation sites excluding steroid dienone is 2. The molecule has 3 nitrogen and oxygen atoms in total. The second-order valence-electron chi connectivity index (χ2n) is 4.67. The van der Waals surface area contributed by atoms with Crippen molar-refractivity contribution in [3.8, 4) is 0 Å². The average molecular weight is 224 g/mol. The van der Waals surface area contributed by atoms with E-state index in [2.05, 4.69) is 16.5 Å². The quantitative estimate of drug-likeness (QED) is 0.684. The van der Waals surface area contributed by atoms with E-state index < -0.39 is 0 Å². The van der Waals surface area contributed by atoms with Gasteiger partial charge in [-0.15, -0.1) is 0 Å². The number of nitrogens with one attached hydrogen (secondary N) is 1. The molecule has 2 saturated heterocycles. The molecule has 3 aliphatic rings. The van der Waals surface area contributed by atoms with Crippen LogP contribution in [0.1, 0.15) is 44.9 Å². The van der Waals surface area contributed by atoms with E-state index in [4.69, 9.17) is 4.74 Å². The maximum Gasteiger partial charge on any atom is 0.0466 e. The summed E-state index contributed by atoms with van der Waals surface area (Å²) in [5.41, 5.74) is 4.98. The first-order valence-electron chi connectivity index (χ1n) is 6.74. The Morgan fingerprint density at radius 3 is 2.69 bits per heavy atom. The highest BCUT2D eigenvalue weighted by atomic mass is 16.5. The van der Waals surface area contributed by atoms with Crippen LogP contribution < -0.4 is 5.43 Å². The van der Waals surface area contributed by atoms with E-state index in [1.165, 1.54) is 57.2 Å². The molecule has 3 rings (SSSR count). The van der Waals surface area contributed by atoms with Crippen LogP contribution in [0.2, 0.25) is 0 Å². The molecular formula is C13H24N2O. The Bertz CT molecular complexity index is 216. The molecule has 0 amide bonds. The SMILES string of the molecule is C1=C2CCCCNN2CCC1.C1CCOC1. The highest BCUT2D eigenvalue weighted by molar-refractivity contribution is 5.04. The molecule has 0 atom stereocenters. The topological polar surface area (TPSA) is 24.5 Å². The van der Waals surface area contributed by atoms with Crippen molar-refractivity contribution >= 4 is 0 Å². The summed E-state index contributed by atoms with van der Waals surface area (Å²) in [7, 11) is 0. The largest absolute Gasteiger partial charge is 0.381 e. The second kappa shape index (κ2) is 6.92. The smallest absolute Gasteiger partial charge is 0.0466 e. The summed E-state index contributed by atoms with van der Waals surface area (Å²) in [5.74, 6) is 0. The van der Waals surface area contributed by atoms with Crippen molar-refractivity contribution in [2.75, 3.05) is 26.3 Å². The van der Waals surface area contributed by atoms with Gasteiger partial charge in [0.1, 0.15) is 0 Å². The molecule has 0 aromatic carbocycles. The zero-order valence-electron chi connectivity index (χ0n) is 10.2. The fraction of sp³-hybridized carbons (Fsp3) is 0.846. The summed E-state index contributed by atoms with van der Waals surface area (Å²) in [6, 6.07) is 0. The molecule has 0 saturated carbocycles. The van der Waals surface area contributed by atoms with Crippen molar-refractivity contribution in [3.05, 3.63) is 11.8 Å². The van der Waals surface area contributed by atoms with Gasteiger partial charge in [-0.05, 0) is 44.9 Å². The van der Waals surface area contributed by atoms with Crippen molar-refractivity contribution < 1.29 is 4.74 Å². The van der Waals surface area contributed by atoms with Gasteiger partial charge < -0.3 is 9.75 Å². The lowest BCUT2D eigenvalue weighted by Gasteiger charge is -2.28. The monoisotopic (exact) mass is 224 g/mol. The van der Waals surface area contributed by atoms with Crippen molar-refractivity contribution in [2.24, 2.45) is 0 Å². The fourth-order valence-corrected chi connectivity index (χ4v) is 2.34. The van der Waals surface area contributed by atoms with E-state index in [-0.39, 0.29) is 0 Å². The number of rotatable bonds is 0. The number of hydrogen-bond acceptors (Lipinski definition) is 3. The van der Waals surface area contributed by atoms with Crippen LogP contribution in [-0.4, -0.2) is 31.3 Å². The second-order valence-corrected chi connectivity index (χ2v) is 4.67. The zero-order valence-corrected chi connectivity index (χ0v) is 10.2. The molecule has 0 aliphatic carbocycles. The predicted molar refractivity (Wildman–Crippen MR) is 65.9 cm³/mol. The van der Waals surface area contributed by atoms with Gasteiger partial charge in [0, 0.05) is 32.0 Å². The first kappa shape index (κ1) is 11.9. The summed E-state index contributed by atoms with van der Waals surface area (Å²) in [4.78, 5) is 0. The van der Waals surface area contributed by atoms with E-state index in [0.29, 0.717) is 0 Å². The lowest BCUT2D eigenvalue weighted by atomic mass is 10.1. The molecule has 0 unspecified atom stereocenters. The van der Waals surface area contributed by atoms with Gasteiger partial charge in [-0.25, -0.2) is 5.43 Å². The van der Waals surface area contributed by atoms with Gasteiger partial charge in [0.2, 0.25) is 0 Å². The van der Waals surface area contributed by atoms with E-state index in [9.17, 15) is 0 Å². The summed E-state index contributed by atoms with van der Waals surface area (Å²) < 4.78 is 4.94. The standard InChI is InChI=1S/C9H16N2.C4H8O/c1-3-7-10-11-8-4-2-6-9(11)5-1;1-2-4-5-3-1/h6,10H,1-5,7-8H2;1-4H2. The summed E-state index contributed by atoms with van der Waals surface area (Å²) in [5, 5.41) is 2.34. The first-order chi connectivity index (χ1) is 7.97. The maximum atomic E-state index is 4.94. The Labute approximate surface area is 98.8 Å². The van der Waals surface area contributed by atoms with E-state index in [1.807, 2.05) is 0 Å². The van der Waals surface area contributed by atoms with Crippen LogP contribution >= 0.6 is 0 Å². The van der Waals surface area contributed by atoms with E-state index in [0.717, 1.165) is 19.8 Å². The minimum absolute atomic E-state index is 1.00. The summed E-state index contributed by atoms with van der Waals surface area (Å²) >= 11 is 0. The third-order valence-corrected chi connectivity index (χ3v) is 3.30. The molecule has 16 heavy (non-hydrogen) atoms. The molecule has 92 valence electrons. The van der Waals surface area contributed by atoms with Crippen LogP contribution in [0.25, 0.3) is 0 Å². The van der Waals surface area contributed by atoms with Crippen LogP contribution in [0.5, 0.6) is 0 Å². The normalized spacial score (nSPS) is 25.0. The van der Waals surface area contributed by atoms with Gasteiger partial charge >= 0.3 is 0 Å². The number of nitrogens with zero attached hydrogens (tertiary/aromatic N) is 1. The van der Waals surface area contributed by atoms with Crippen molar-refractivity contribution in [2.45, 2.75) is 44.9 Å². The highest BCUT2D eigenvalue weighted by Crippen LogP contribution is 2.19. The molecule has 0 spiro atoms. The number of fused-ring (bicyclic) bond motifs is 1. The molecule has 0 radical (unpaired) electrons. The zero-order chi connectivity index (χ0) is 11.1. The third-order valence-electron chi connectivity index (χ3n) is 3.30. The van der Waals surface area contributed by atoms with E-state index in [1.54, 1.807) is 0 Å². The molecular weight excluding hydrogens is 200 g/mol. The van der Waals surface area contributed by atoms with E-state index >= 15 is 0 Å². The minimum Gasteiger partial charge on any atom is -0.381 e. The van der Waals surface area contributed by atoms with Crippen LogP contribution in [0, 0.1) is 0 Å². The Kier molecular flexibility index (Phi) is 5.16. The molecule has 1 N–H and O–H groups in total. The summed E-state index contributed by atoms with van der Waals surface area (Å²) in [6.07, 6.45) is 11.5. The van der Waals surface area contributed by atoms with Gasteiger partial charge in [0.15, 0.2) is 0 Å². The van der Waals surface area contributed by atoms with Gasteiger partial charge in [0.25, 0.3) is 0 Å². The molecule has 0 aromatic rings. The Balaban J connectivity index is 0.000000162. The van der Waals surface area contributed by atoms with Crippen molar-refractivity contribution in [1.82, 2.24) is 10.4 Å². The number of hydrazine groups is 1. The third kappa shape index (κ3) is 3.80. The van der Waals surface area contributed by atoms with Gasteiger partial charge in [-0.1, -0.05) is 6.08 Å².